The summed E-state index contributed by atoms with van der Waals surface area (Å²) in [4.78, 5) is 3.29. The SMILES string of the molecule is CCCCCCCCCCCCCCCCCCCCCCCCCCc1cc[nH]c1C. The number of aromatic nitrogens is 1. The molecule has 1 N–H and O–H groups in total. The predicted octanol–water partition coefficient (Wildman–Crippen LogP) is 11.2. The Morgan fingerprint density at radius 2 is 0.781 bits per heavy atom. The van der Waals surface area contributed by atoms with Crippen LogP contribution < -0.4 is 0 Å². The van der Waals surface area contributed by atoms with E-state index in [1.54, 1.807) is 0 Å². The fourth-order valence-electron chi connectivity index (χ4n) is 5.03. The van der Waals surface area contributed by atoms with Gasteiger partial charge >= 0.3 is 0 Å². The van der Waals surface area contributed by atoms with E-state index in [2.05, 4.69) is 31.1 Å². The van der Waals surface area contributed by atoms with Gasteiger partial charge in [-0.15, -0.1) is 0 Å². The van der Waals surface area contributed by atoms with Gasteiger partial charge in [0.25, 0.3) is 0 Å². The molecule has 1 heterocycles. The van der Waals surface area contributed by atoms with Crippen LogP contribution in [0.4, 0.5) is 0 Å². The van der Waals surface area contributed by atoms with Crippen LogP contribution in [-0.4, -0.2) is 4.98 Å². The van der Waals surface area contributed by atoms with Crippen LogP contribution in [-0.2, 0) is 6.42 Å². The summed E-state index contributed by atoms with van der Waals surface area (Å²) in [7, 11) is 0. The molecule has 0 bridgehead atoms. The van der Waals surface area contributed by atoms with Gasteiger partial charge in [-0.1, -0.05) is 155 Å². The van der Waals surface area contributed by atoms with Crippen LogP contribution >= 0.6 is 0 Å². The highest BCUT2D eigenvalue weighted by atomic mass is 14.7. The van der Waals surface area contributed by atoms with E-state index in [1.165, 1.54) is 172 Å². The summed E-state index contributed by atoms with van der Waals surface area (Å²) in [5, 5.41) is 0. The van der Waals surface area contributed by atoms with Gasteiger partial charge in [0.2, 0.25) is 0 Å². The molecule has 0 aliphatic rings. The number of hydrogen-bond donors (Lipinski definition) is 1. The van der Waals surface area contributed by atoms with Crippen molar-refractivity contribution in [1.82, 2.24) is 4.98 Å². The minimum Gasteiger partial charge on any atom is -0.365 e. The quantitative estimate of drug-likeness (QED) is 0.144. The largest absolute Gasteiger partial charge is 0.365 e. The molecule has 0 aromatic carbocycles. The summed E-state index contributed by atoms with van der Waals surface area (Å²) in [6.07, 6.45) is 38.4. The second-order valence-electron chi connectivity index (χ2n) is 10.5. The van der Waals surface area contributed by atoms with Crippen molar-refractivity contribution >= 4 is 0 Å². The lowest BCUT2D eigenvalue weighted by atomic mass is 10.0. The van der Waals surface area contributed by atoms with Crippen molar-refractivity contribution in [3.8, 4) is 0 Å². The summed E-state index contributed by atoms with van der Waals surface area (Å²) < 4.78 is 0. The summed E-state index contributed by atoms with van der Waals surface area (Å²) in [5.41, 5.74) is 2.88. The van der Waals surface area contributed by atoms with Crippen LogP contribution in [0.5, 0.6) is 0 Å². The summed E-state index contributed by atoms with van der Waals surface area (Å²) in [6.45, 7) is 4.49. The highest BCUT2D eigenvalue weighted by molar-refractivity contribution is 5.18. The lowest BCUT2D eigenvalue weighted by Crippen LogP contribution is -1.87. The molecular formula is C31H59N. The minimum absolute atomic E-state index is 1.26. The van der Waals surface area contributed by atoms with Crippen molar-refractivity contribution in [2.75, 3.05) is 0 Å². The van der Waals surface area contributed by atoms with Crippen LogP contribution in [0.1, 0.15) is 172 Å². The molecule has 0 aliphatic carbocycles. The number of nitrogens with one attached hydrogen (secondary N) is 1. The Labute approximate surface area is 202 Å². The molecule has 0 amide bonds. The van der Waals surface area contributed by atoms with Gasteiger partial charge in [0, 0.05) is 11.9 Å². The fraction of sp³-hybridized carbons (Fsp3) is 0.871. The van der Waals surface area contributed by atoms with Crippen molar-refractivity contribution in [3.05, 3.63) is 23.5 Å². The minimum atomic E-state index is 1.26. The van der Waals surface area contributed by atoms with Crippen LogP contribution in [0, 0.1) is 6.92 Å². The summed E-state index contributed by atoms with van der Waals surface area (Å²) in [5.74, 6) is 0. The van der Waals surface area contributed by atoms with Crippen LogP contribution in [0.25, 0.3) is 0 Å². The number of aryl methyl sites for hydroxylation is 2. The van der Waals surface area contributed by atoms with E-state index in [4.69, 9.17) is 0 Å². The van der Waals surface area contributed by atoms with Crippen LogP contribution in [0.3, 0.4) is 0 Å². The molecule has 1 rings (SSSR count). The van der Waals surface area contributed by atoms with Crippen molar-refractivity contribution < 1.29 is 0 Å². The van der Waals surface area contributed by atoms with E-state index in [0.717, 1.165) is 0 Å². The van der Waals surface area contributed by atoms with E-state index in [9.17, 15) is 0 Å². The van der Waals surface area contributed by atoms with Crippen LogP contribution in [0.15, 0.2) is 12.3 Å². The van der Waals surface area contributed by atoms with Gasteiger partial charge in [-0.25, -0.2) is 0 Å². The molecule has 0 radical (unpaired) electrons. The molecule has 32 heavy (non-hydrogen) atoms. The molecule has 1 aromatic rings. The number of rotatable bonds is 25. The zero-order valence-electron chi connectivity index (χ0n) is 22.3. The maximum absolute atomic E-state index is 3.29. The first-order valence-electron chi connectivity index (χ1n) is 15.0. The van der Waals surface area contributed by atoms with E-state index < -0.39 is 0 Å². The molecule has 1 heteroatoms. The Bertz CT molecular complexity index is 475. The molecule has 0 saturated heterocycles. The second-order valence-corrected chi connectivity index (χ2v) is 10.5. The summed E-state index contributed by atoms with van der Waals surface area (Å²) >= 11 is 0. The molecule has 1 nitrogen and oxygen atoms in total. The third-order valence-electron chi connectivity index (χ3n) is 7.37. The molecule has 1 aromatic heterocycles. The third kappa shape index (κ3) is 18.8. The maximum Gasteiger partial charge on any atom is 0.0148 e. The molecule has 188 valence electrons. The van der Waals surface area contributed by atoms with E-state index in [1.807, 2.05) is 0 Å². The normalized spacial score (nSPS) is 11.4. The van der Waals surface area contributed by atoms with Crippen molar-refractivity contribution in [1.29, 1.82) is 0 Å². The smallest absolute Gasteiger partial charge is 0.0148 e. The van der Waals surface area contributed by atoms with Crippen molar-refractivity contribution in [2.24, 2.45) is 0 Å². The number of unbranched alkanes of at least 4 members (excludes halogenated alkanes) is 23. The zero-order valence-corrected chi connectivity index (χ0v) is 22.3. The van der Waals surface area contributed by atoms with Gasteiger partial charge in [-0.2, -0.15) is 0 Å². The number of aromatic amines is 1. The van der Waals surface area contributed by atoms with Gasteiger partial charge in [-0.3, -0.25) is 0 Å². The highest BCUT2D eigenvalue weighted by Crippen LogP contribution is 2.16. The zero-order chi connectivity index (χ0) is 23.0. The van der Waals surface area contributed by atoms with E-state index in [-0.39, 0.29) is 0 Å². The predicted molar refractivity (Wildman–Crippen MR) is 146 cm³/mol. The van der Waals surface area contributed by atoms with Gasteiger partial charge in [0.1, 0.15) is 0 Å². The molecule has 0 atom stereocenters. The Balaban J connectivity index is 1.65. The van der Waals surface area contributed by atoms with Gasteiger partial charge in [-0.05, 0) is 31.4 Å². The molecule has 0 spiro atoms. The number of hydrogen-bond acceptors (Lipinski definition) is 0. The first-order chi connectivity index (χ1) is 15.8. The highest BCUT2D eigenvalue weighted by Gasteiger charge is 1.99. The molecular weight excluding hydrogens is 386 g/mol. The molecule has 0 saturated carbocycles. The van der Waals surface area contributed by atoms with Gasteiger partial charge in [0.05, 0.1) is 0 Å². The lowest BCUT2D eigenvalue weighted by Gasteiger charge is -2.04. The van der Waals surface area contributed by atoms with Crippen molar-refractivity contribution in [2.45, 2.75) is 174 Å². The molecule has 0 fully saturated rings. The topological polar surface area (TPSA) is 15.8 Å². The first kappa shape index (κ1) is 29.3. The Morgan fingerprint density at radius 3 is 1.06 bits per heavy atom. The Kier molecular flexibility index (Phi) is 21.5. The standard InChI is InChI=1S/C31H59N/c1-3-4-5-6-7-8-9-10-11-12-13-14-15-16-17-18-19-20-21-22-23-24-25-26-27-31-28-29-32-30(31)2/h28-29,32H,3-27H2,1-2H3. The molecule has 0 aliphatic heterocycles. The monoisotopic (exact) mass is 445 g/mol. The number of H-pyrrole nitrogens is 1. The Hall–Kier alpha value is -0.720. The van der Waals surface area contributed by atoms with Gasteiger partial charge < -0.3 is 4.98 Å². The van der Waals surface area contributed by atoms with Gasteiger partial charge in [0.15, 0.2) is 0 Å². The Morgan fingerprint density at radius 1 is 0.469 bits per heavy atom. The second kappa shape index (κ2) is 23.4. The first-order valence-corrected chi connectivity index (χ1v) is 15.0. The van der Waals surface area contributed by atoms with Crippen LogP contribution in [0.2, 0.25) is 0 Å². The van der Waals surface area contributed by atoms with E-state index in [0.29, 0.717) is 0 Å². The summed E-state index contributed by atoms with van der Waals surface area (Å²) in [6, 6.07) is 2.24. The fourth-order valence-corrected chi connectivity index (χ4v) is 5.03. The average Bonchev–Trinajstić information content (AvgIpc) is 3.21. The third-order valence-corrected chi connectivity index (χ3v) is 7.37. The molecule has 0 unspecified atom stereocenters. The maximum atomic E-state index is 3.29. The average molecular weight is 446 g/mol. The van der Waals surface area contributed by atoms with E-state index >= 15 is 0 Å². The lowest BCUT2D eigenvalue weighted by molar-refractivity contribution is 0.517. The van der Waals surface area contributed by atoms with Crippen molar-refractivity contribution in [3.63, 3.8) is 0 Å².